The minimum atomic E-state index is -1.30. The van der Waals surface area contributed by atoms with Crippen molar-refractivity contribution in [3.05, 3.63) is 0 Å². The highest BCUT2D eigenvalue weighted by atomic mass is 16.8. The molecule has 5 rings (SSSR count). The van der Waals surface area contributed by atoms with Crippen molar-refractivity contribution >= 4 is 0 Å². The lowest BCUT2D eigenvalue weighted by Gasteiger charge is -2.40. The van der Waals surface area contributed by atoms with Crippen LogP contribution >= 0.6 is 0 Å². The molecule has 2 spiro atoms. The lowest BCUT2D eigenvalue weighted by Crippen LogP contribution is -2.60. The number of hydrogen-bond acceptors (Lipinski definition) is 7. The Balaban J connectivity index is 1.35. The molecule has 26 heavy (non-hydrogen) atoms. The van der Waals surface area contributed by atoms with E-state index in [1.165, 1.54) is 12.8 Å². The Bertz CT molecular complexity index is 514. The molecule has 2 aliphatic carbocycles. The summed E-state index contributed by atoms with van der Waals surface area (Å²) in [5.74, 6) is -1.16. The fourth-order valence-electron chi connectivity index (χ4n) is 5.37. The SMILES string of the molecule is OC1C2OC3(CCCCC3)O[C@@H]2[C@H]([C@H]2COC3(CCCCC3)O2)O[C@H]1O. The smallest absolute Gasteiger partial charge is 0.184 e. The summed E-state index contributed by atoms with van der Waals surface area (Å²) < 4.78 is 30.7. The molecule has 2 unspecified atom stereocenters. The van der Waals surface area contributed by atoms with Gasteiger partial charge in [-0.05, 0) is 25.7 Å². The second-order valence-electron chi connectivity index (χ2n) is 8.56. The number of aliphatic hydroxyl groups is 2. The van der Waals surface area contributed by atoms with Crippen LogP contribution in [0.5, 0.6) is 0 Å². The fourth-order valence-corrected chi connectivity index (χ4v) is 5.37. The molecular weight excluding hydrogens is 340 g/mol. The summed E-state index contributed by atoms with van der Waals surface area (Å²) in [5, 5.41) is 20.7. The molecule has 5 aliphatic rings. The molecule has 5 fully saturated rings. The lowest BCUT2D eigenvalue weighted by molar-refractivity contribution is -0.284. The van der Waals surface area contributed by atoms with E-state index in [2.05, 4.69) is 0 Å². The predicted molar refractivity (Wildman–Crippen MR) is 89.1 cm³/mol. The van der Waals surface area contributed by atoms with Gasteiger partial charge in [0, 0.05) is 25.7 Å². The number of hydrogen-bond donors (Lipinski definition) is 2. The van der Waals surface area contributed by atoms with Gasteiger partial charge in [0.25, 0.3) is 0 Å². The molecule has 3 aliphatic heterocycles. The van der Waals surface area contributed by atoms with Crippen molar-refractivity contribution in [2.75, 3.05) is 6.61 Å². The van der Waals surface area contributed by atoms with Crippen molar-refractivity contribution in [2.24, 2.45) is 0 Å². The van der Waals surface area contributed by atoms with E-state index >= 15 is 0 Å². The van der Waals surface area contributed by atoms with Crippen molar-refractivity contribution in [3.8, 4) is 0 Å². The number of aliphatic hydroxyl groups excluding tert-OH is 2. The summed E-state index contributed by atoms with van der Waals surface area (Å²) in [6, 6.07) is 0. The number of rotatable bonds is 1. The van der Waals surface area contributed by atoms with E-state index in [0.717, 1.165) is 51.4 Å². The maximum Gasteiger partial charge on any atom is 0.184 e. The Labute approximate surface area is 153 Å². The minimum Gasteiger partial charge on any atom is -0.385 e. The van der Waals surface area contributed by atoms with Gasteiger partial charge < -0.3 is 33.9 Å². The van der Waals surface area contributed by atoms with Crippen molar-refractivity contribution in [1.29, 1.82) is 0 Å². The molecule has 6 atom stereocenters. The van der Waals surface area contributed by atoms with Gasteiger partial charge in [-0.3, -0.25) is 0 Å². The summed E-state index contributed by atoms with van der Waals surface area (Å²) in [6.07, 6.45) is 5.90. The van der Waals surface area contributed by atoms with Crippen molar-refractivity contribution in [1.82, 2.24) is 0 Å². The topological polar surface area (TPSA) is 86.6 Å². The predicted octanol–water partition coefficient (Wildman–Crippen LogP) is 1.58. The number of ether oxygens (including phenoxy) is 5. The van der Waals surface area contributed by atoms with Crippen LogP contribution < -0.4 is 0 Å². The summed E-state index contributed by atoms with van der Waals surface area (Å²) in [7, 11) is 0. The van der Waals surface area contributed by atoms with Gasteiger partial charge in [-0.15, -0.1) is 0 Å². The highest BCUT2D eigenvalue weighted by Gasteiger charge is 2.60. The summed E-state index contributed by atoms with van der Waals surface area (Å²) >= 11 is 0. The maximum atomic E-state index is 10.4. The highest BCUT2D eigenvalue weighted by Crippen LogP contribution is 2.47. The van der Waals surface area contributed by atoms with Crippen LogP contribution in [0.4, 0.5) is 0 Å². The molecule has 3 heterocycles. The molecule has 0 aromatic carbocycles. The van der Waals surface area contributed by atoms with E-state index < -0.39 is 42.3 Å². The standard InChI is InChI=1S/C19H30O7/c20-13-15-16(26-19(25-15)9-5-2-6-10-19)14(23-17(13)21)12-11-22-18(24-12)7-3-1-4-8-18/h12-17,20-21H,1-11H2/t12-,13?,14+,15?,16-,17-/m1/s1. The molecule has 7 nitrogen and oxygen atoms in total. The van der Waals surface area contributed by atoms with Gasteiger partial charge in [0.15, 0.2) is 17.9 Å². The van der Waals surface area contributed by atoms with Gasteiger partial charge in [0.05, 0.1) is 6.61 Å². The van der Waals surface area contributed by atoms with Crippen LogP contribution in [0.15, 0.2) is 0 Å². The van der Waals surface area contributed by atoms with Crippen LogP contribution in [0.25, 0.3) is 0 Å². The second-order valence-corrected chi connectivity index (χ2v) is 8.56. The fraction of sp³-hybridized carbons (Fsp3) is 1.00. The molecule has 7 heteroatoms. The molecule has 0 aromatic rings. The Morgan fingerprint density at radius 1 is 0.654 bits per heavy atom. The average Bonchev–Trinajstić information content (AvgIpc) is 3.22. The van der Waals surface area contributed by atoms with E-state index in [-0.39, 0.29) is 6.10 Å². The third kappa shape index (κ3) is 2.92. The first-order valence-electron chi connectivity index (χ1n) is 10.3. The largest absolute Gasteiger partial charge is 0.385 e. The van der Waals surface area contributed by atoms with E-state index in [4.69, 9.17) is 23.7 Å². The summed E-state index contributed by atoms with van der Waals surface area (Å²) in [6.45, 7) is 0.424. The van der Waals surface area contributed by atoms with Gasteiger partial charge in [0.1, 0.15) is 30.5 Å². The molecule has 3 saturated heterocycles. The van der Waals surface area contributed by atoms with E-state index in [1.807, 2.05) is 0 Å². The molecule has 0 bridgehead atoms. The molecule has 2 saturated carbocycles. The Kier molecular flexibility index (Phi) is 4.55. The highest BCUT2D eigenvalue weighted by molar-refractivity contribution is 5.02. The summed E-state index contributed by atoms with van der Waals surface area (Å²) in [5.41, 5.74) is 0. The van der Waals surface area contributed by atoms with Gasteiger partial charge in [-0.25, -0.2) is 0 Å². The van der Waals surface area contributed by atoms with Crippen LogP contribution in [0.3, 0.4) is 0 Å². The Hall–Kier alpha value is -0.280. The zero-order valence-electron chi connectivity index (χ0n) is 15.2. The maximum absolute atomic E-state index is 10.4. The molecular formula is C19H30O7. The zero-order chi connectivity index (χ0) is 17.8. The average molecular weight is 370 g/mol. The zero-order valence-corrected chi connectivity index (χ0v) is 15.2. The van der Waals surface area contributed by atoms with Crippen molar-refractivity contribution < 1.29 is 33.9 Å². The first kappa shape index (κ1) is 17.8. The Morgan fingerprint density at radius 2 is 1.27 bits per heavy atom. The minimum absolute atomic E-state index is 0.315. The Morgan fingerprint density at radius 3 is 1.96 bits per heavy atom. The third-order valence-corrected chi connectivity index (χ3v) is 6.75. The van der Waals surface area contributed by atoms with Gasteiger partial charge >= 0.3 is 0 Å². The van der Waals surface area contributed by atoms with Gasteiger partial charge in [-0.1, -0.05) is 12.8 Å². The van der Waals surface area contributed by atoms with E-state index in [0.29, 0.717) is 6.61 Å². The second kappa shape index (κ2) is 6.65. The summed E-state index contributed by atoms with van der Waals surface area (Å²) in [4.78, 5) is 0. The molecule has 2 N–H and O–H groups in total. The van der Waals surface area contributed by atoms with Crippen LogP contribution in [-0.2, 0) is 23.7 Å². The van der Waals surface area contributed by atoms with Crippen molar-refractivity contribution in [3.63, 3.8) is 0 Å². The van der Waals surface area contributed by atoms with Gasteiger partial charge in [0.2, 0.25) is 0 Å². The normalized spacial score (nSPS) is 47.3. The van der Waals surface area contributed by atoms with Crippen LogP contribution in [0.1, 0.15) is 64.2 Å². The van der Waals surface area contributed by atoms with Gasteiger partial charge in [-0.2, -0.15) is 0 Å². The molecule has 0 amide bonds. The van der Waals surface area contributed by atoms with E-state index in [9.17, 15) is 10.2 Å². The molecule has 0 radical (unpaired) electrons. The number of fused-ring (bicyclic) bond motifs is 1. The molecule has 148 valence electrons. The molecule has 0 aromatic heterocycles. The van der Waals surface area contributed by atoms with Crippen LogP contribution in [0.2, 0.25) is 0 Å². The quantitative estimate of drug-likeness (QED) is 0.725. The lowest BCUT2D eigenvalue weighted by atomic mass is 9.93. The first-order valence-corrected chi connectivity index (χ1v) is 10.3. The van der Waals surface area contributed by atoms with E-state index in [1.54, 1.807) is 0 Å². The first-order chi connectivity index (χ1) is 12.6. The van der Waals surface area contributed by atoms with Crippen LogP contribution in [-0.4, -0.2) is 65.2 Å². The monoisotopic (exact) mass is 370 g/mol. The van der Waals surface area contributed by atoms with Crippen molar-refractivity contribution in [2.45, 2.75) is 113 Å². The third-order valence-electron chi connectivity index (χ3n) is 6.75. The van der Waals surface area contributed by atoms with Crippen LogP contribution in [0, 0.1) is 0 Å².